The average Bonchev–Trinajstić information content (AvgIpc) is 1.58. The summed E-state index contributed by atoms with van der Waals surface area (Å²) in [7, 11) is 1.91. The van der Waals surface area contributed by atoms with E-state index in [2.05, 4.69) is 13.2 Å². The second-order valence-electron chi connectivity index (χ2n) is 2.70. The van der Waals surface area contributed by atoms with E-state index in [9.17, 15) is 0 Å². The normalized spacial score (nSPS) is 9.90. The molecule has 0 aromatic carbocycles. The van der Waals surface area contributed by atoms with Crippen LogP contribution in [0.3, 0.4) is 0 Å². The van der Waals surface area contributed by atoms with Crippen molar-refractivity contribution in [1.82, 2.24) is 4.90 Å². The molecule has 0 aliphatic heterocycles. The third kappa shape index (κ3) is 5.38. The van der Waals surface area contributed by atoms with Crippen LogP contribution in [0.4, 0.5) is 0 Å². The van der Waals surface area contributed by atoms with Gasteiger partial charge in [-0.3, -0.25) is 4.90 Å². The van der Waals surface area contributed by atoms with E-state index in [-0.39, 0.29) is 5.76 Å². The Bertz CT molecular complexity index is 124. The molecule has 0 unspecified atom stereocenters. The van der Waals surface area contributed by atoms with Crippen LogP contribution in [0, 0.1) is 0 Å². The summed E-state index contributed by atoms with van der Waals surface area (Å²) in [6, 6.07) is 0. The van der Waals surface area contributed by atoms with Gasteiger partial charge in [-0.05, 0) is 14.0 Å². The van der Waals surface area contributed by atoms with Gasteiger partial charge in [0.15, 0.2) is 0 Å². The first-order chi connectivity index (χ1) is 4.52. The summed E-state index contributed by atoms with van der Waals surface area (Å²) in [6.45, 7) is 10.4. The predicted molar refractivity (Wildman–Crippen MR) is 44.1 cm³/mol. The van der Waals surface area contributed by atoms with Gasteiger partial charge in [0.1, 0.15) is 0 Å². The molecule has 2 nitrogen and oxygen atoms in total. The largest absolute Gasteiger partial charge is 0.512 e. The van der Waals surface area contributed by atoms with Gasteiger partial charge < -0.3 is 5.11 Å². The molecule has 10 heavy (non-hydrogen) atoms. The number of hydrogen-bond acceptors (Lipinski definition) is 2. The summed E-state index contributed by atoms with van der Waals surface area (Å²) in [5, 5.41) is 8.77. The van der Waals surface area contributed by atoms with Gasteiger partial charge in [-0.2, -0.15) is 0 Å². The number of aliphatic hydroxyl groups is 1. The van der Waals surface area contributed by atoms with Crippen molar-refractivity contribution >= 4 is 0 Å². The monoisotopic (exact) mass is 141 g/mol. The molecule has 1 N–H and O–H groups in total. The van der Waals surface area contributed by atoms with Crippen LogP contribution in [0.5, 0.6) is 0 Å². The lowest BCUT2D eigenvalue weighted by atomic mass is 10.3. The molecule has 0 aromatic heterocycles. The van der Waals surface area contributed by atoms with Crippen LogP contribution in [0.1, 0.15) is 6.92 Å². The van der Waals surface area contributed by atoms with Crippen molar-refractivity contribution in [2.75, 3.05) is 20.1 Å². The summed E-state index contributed by atoms with van der Waals surface area (Å²) < 4.78 is 0. The third-order valence-electron chi connectivity index (χ3n) is 0.992. The molecule has 0 radical (unpaired) electrons. The van der Waals surface area contributed by atoms with E-state index < -0.39 is 0 Å². The number of hydrogen-bond donors (Lipinski definition) is 1. The first-order valence-electron chi connectivity index (χ1n) is 3.22. The van der Waals surface area contributed by atoms with Crippen molar-refractivity contribution in [3.63, 3.8) is 0 Å². The summed E-state index contributed by atoms with van der Waals surface area (Å²) in [5.41, 5.74) is 1.09. The molecule has 58 valence electrons. The highest BCUT2D eigenvalue weighted by Crippen LogP contribution is 1.94. The van der Waals surface area contributed by atoms with E-state index in [1.807, 2.05) is 18.9 Å². The van der Waals surface area contributed by atoms with Crippen molar-refractivity contribution in [2.24, 2.45) is 0 Å². The van der Waals surface area contributed by atoms with E-state index in [1.54, 1.807) is 0 Å². The molecule has 0 saturated carbocycles. The Hall–Kier alpha value is -0.760. The number of rotatable bonds is 4. The second-order valence-corrected chi connectivity index (χ2v) is 2.70. The zero-order chi connectivity index (χ0) is 8.15. The summed E-state index contributed by atoms with van der Waals surface area (Å²) in [4.78, 5) is 1.95. The SMILES string of the molecule is C=C(C)CN(C)CC(=C)O. The van der Waals surface area contributed by atoms with Crippen molar-refractivity contribution in [1.29, 1.82) is 0 Å². The van der Waals surface area contributed by atoms with E-state index in [0.717, 1.165) is 12.1 Å². The van der Waals surface area contributed by atoms with Gasteiger partial charge in [-0.25, -0.2) is 0 Å². The summed E-state index contributed by atoms with van der Waals surface area (Å²) in [5.74, 6) is 0.198. The Morgan fingerprint density at radius 3 is 2.20 bits per heavy atom. The highest BCUT2D eigenvalue weighted by Gasteiger charge is 1.97. The van der Waals surface area contributed by atoms with Crippen LogP contribution in [0.2, 0.25) is 0 Å². The lowest BCUT2D eigenvalue weighted by molar-refractivity contribution is 0.306. The third-order valence-corrected chi connectivity index (χ3v) is 0.992. The molecular formula is C8H15NO. The maximum Gasteiger partial charge on any atom is 0.0991 e. The van der Waals surface area contributed by atoms with E-state index >= 15 is 0 Å². The molecule has 0 saturated heterocycles. The Balaban J connectivity index is 3.53. The first-order valence-corrected chi connectivity index (χ1v) is 3.22. The summed E-state index contributed by atoms with van der Waals surface area (Å²) >= 11 is 0. The van der Waals surface area contributed by atoms with Crippen molar-refractivity contribution in [3.8, 4) is 0 Å². The Kier molecular flexibility index (Phi) is 3.81. The Labute approximate surface area is 62.5 Å². The predicted octanol–water partition coefficient (Wildman–Crippen LogP) is 1.57. The van der Waals surface area contributed by atoms with Gasteiger partial charge in [0.2, 0.25) is 0 Å². The van der Waals surface area contributed by atoms with Gasteiger partial charge in [-0.15, -0.1) is 0 Å². The lowest BCUT2D eigenvalue weighted by Crippen LogP contribution is -2.22. The highest BCUT2D eigenvalue weighted by molar-refractivity contribution is 4.93. The van der Waals surface area contributed by atoms with E-state index in [1.165, 1.54) is 0 Å². The smallest absolute Gasteiger partial charge is 0.0991 e. The number of aliphatic hydroxyl groups excluding tert-OH is 1. The molecule has 0 rings (SSSR count). The van der Waals surface area contributed by atoms with Gasteiger partial charge in [0, 0.05) is 6.54 Å². The molecular weight excluding hydrogens is 126 g/mol. The number of nitrogens with zero attached hydrogens (tertiary/aromatic N) is 1. The van der Waals surface area contributed by atoms with Crippen LogP contribution in [0.15, 0.2) is 24.5 Å². The summed E-state index contributed by atoms with van der Waals surface area (Å²) in [6.07, 6.45) is 0. The lowest BCUT2D eigenvalue weighted by Gasteiger charge is -2.14. The molecule has 2 heteroatoms. The first kappa shape index (κ1) is 9.24. The maximum absolute atomic E-state index is 8.77. The zero-order valence-electron chi connectivity index (χ0n) is 6.72. The zero-order valence-corrected chi connectivity index (χ0v) is 6.72. The van der Waals surface area contributed by atoms with Gasteiger partial charge in [-0.1, -0.05) is 18.7 Å². The molecule has 0 heterocycles. The molecule has 0 amide bonds. The van der Waals surface area contributed by atoms with E-state index in [0.29, 0.717) is 6.54 Å². The highest BCUT2D eigenvalue weighted by atomic mass is 16.3. The molecule has 0 fully saturated rings. The Morgan fingerprint density at radius 2 is 1.90 bits per heavy atom. The van der Waals surface area contributed by atoms with E-state index in [4.69, 9.17) is 5.11 Å². The van der Waals surface area contributed by atoms with Crippen LogP contribution in [0.25, 0.3) is 0 Å². The van der Waals surface area contributed by atoms with Crippen molar-refractivity contribution < 1.29 is 5.11 Å². The number of likely N-dealkylation sites (N-methyl/N-ethyl adjacent to an activating group) is 1. The van der Waals surface area contributed by atoms with Gasteiger partial charge >= 0.3 is 0 Å². The fourth-order valence-electron chi connectivity index (χ4n) is 0.828. The Morgan fingerprint density at radius 1 is 1.40 bits per heavy atom. The molecule has 0 spiro atoms. The molecule has 0 aliphatic carbocycles. The fraction of sp³-hybridized carbons (Fsp3) is 0.500. The fourth-order valence-corrected chi connectivity index (χ4v) is 0.828. The average molecular weight is 141 g/mol. The minimum absolute atomic E-state index is 0.198. The minimum atomic E-state index is 0.198. The van der Waals surface area contributed by atoms with Crippen molar-refractivity contribution in [3.05, 3.63) is 24.5 Å². The van der Waals surface area contributed by atoms with Crippen LogP contribution >= 0.6 is 0 Å². The quantitative estimate of drug-likeness (QED) is 0.474. The maximum atomic E-state index is 8.77. The molecule has 0 aromatic rings. The molecule has 0 aliphatic rings. The van der Waals surface area contributed by atoms with Crippen LogP contribution < -0.4 is 0 Å². The van der Waals surface area contributed by atoms with Crippen LogP contribution in [-0.2, 0) is 0 Å². The molecule has 0 atom stereocenters. The van der Waals surface area contributed by atoms with Gasteiger partial charge in [0.05, 0.1) is 12.3 Å². The topological polar surface area (TPSA) is 23.5 Å². The van der Waals surface area contributed by atoms with Crippen LogP contribution in [-0.4, -0.2) is 30.1 Å². The second kappa shape index (κ2) is 4.12. The van der Waals surface area contributed by atoms with Gasteiger partial charge in [0.25, 0.3) is 0 Å². The minimum Gasteiger partial charge on any atom is -0.512 e. The van der Waals surface area contributed by atoms with Crippen molar-refractivity contribution in [2.45, 2.75) is 6.92 Å². The molecule has 0 bridgehead atoms. The standard InChI is InChI=1S/C8H15NO/c1-7(2)5-9(4)6-8(3)10/h10H,1,3,5-6H2,2,4H3.